The van der Waals surface area contributed by atoms with Crippen LogP contribution < -0.4 is 0 Å². The molecular formula is C18H15O3SSb. The third-order valence-corrected chi connectivity index (χ3v) is 9.51. The topological polar surface area (TPSA) is 43.4 Å². The monoisotopic (exact) mass is 432 g/mol. The molecule has 0 unspecified atom stereocenters. The van der Waals surface area contributed by atoms with Crippen molar-refractivity contribution >= 4 is 30.9 Å². The van der Waals surface area contributed by atoms with Gasteiger partial charge in [0.25, 0.3) is 0 Å². The maximum absolute atomic E-state index is 11.7. The van der Waals surface area contributed by atoms with Crippen LogP contribution in [0.25, 0.3) is 0 Å². The summed E-state index contributed by atoms with van der Waals surface area (Å²) in [6, 6.07) is 28.8. The Morgan fingerprint density at radius 2 is 0.870 bits per heavy atom. The molecule has 23 heavy (non-hydrogen) atoms. The average Bonchev–Trinajstić information content (AvgIpc) is 2.62. The van der Waals surface area contributed by atoms with Crippen molar-refractivity contribution in [2.45, 2.75) is 14.7 Å². The molecule has 3 aromatic rings. The normalized spacial score (nSPS) is 11.8. The first kappa shape index (κ1) is 16.3. The first-order valence-corrected chi connectivity index (χ1v) is 11.7. The second-order valence-corrected chi connectivity index (χ2v) is 10.0. The molecule has 0 saturated carbocycles. The fraction of sp³-hybridized carbons (Fsp3) is 0. The summed E-state index contributed by atoms with van der Waals surface area (Å²) < 4.78 is 29.1. The van der Waals surface area contributed by atoms with Crippen molar-refractivity contribution < 1.29 is 8.50 Å². The molecule has 0 aliphatic carbocycles. The zero-order valence-electron chi connectivity index (χ0n) is 12.2. The van der Waals surface area contributed by atoms with Gasteiger partial charge in [-0.2, -0.15) is 0 Å². The summed E-state index contributed by atoms with van der Waals surface area (Å²) >= 11 is -4.22. The SMILES string of the molecule is [O]=[Sb](=[O])[O]S(c1ccccc1)(c1ccccc1)c1ccccc1. The van der Waals surface area contributed by atoms with Crippen molar-refractivity contribution in [3.8, 4) is 0 Å². The molecule has 0 aromatic heterocycles. The van der Waals surface area contributed by atoms with Crippen LogP contribution in [0.2, 0.25) is 0 Å². The molecule has 0 heterocycles. The van der Waals surface area contributed by atoms with Gasteiger partial charge >= 0.3 is 145 Å². The van der Waals surface area contributed by atoms with Gasteiger partial charge in [-0.3, -0.25) is 0 Å². The van der Waals surface area contributed by atoms with Crippen LogP contribution in [0.4, 0.5) is 0 Å². The van der Waals surface area contributed by atoms with Crippen LogP contribution in [0, 0.1) is 0 Å². The predicted octanol–water partition coefficient (Wildman–Crippen LogP) is 4.75. The van der Waals surface area contributed by atoms with Crippen LogP contribution >= 0.6 is 10.3 Å². The van der Waals surface area contributed by atoms with E-state index in [1.54, 1.807) is 0 Å². The molecule has 0 aliphatic heterocycles. The van der Waals surface area contributed by atoms with E-state index in [1.165, 1.54) is 0 Å². The van der Waals surface area contributed by atoms with E-state index in [1.807, 2.05) is 91.0 Å². The molecule has 3 rings (SSSR count). The van der Waals surface area contributed by atoms with Crippen LogP contribution in [-0.2, 0) is 8.50 Å². The molecule has 0 atom stereocenters. The first-order chi connectivity index (χ1) is 11.2. The Balaban J connectivity index is 2.35. The Labute approximate surface area is 144 Å². The third kappa shape index (κ3) is 3.35. The number of benzene rings is 3. The zero-order valence-corrected chi connectivity index (χ0v) is 15.6. The van der Waals surface area contributed by atoms with Gasteiger partial charge in [0.05, 0.1) is 0 Å². The number of hydrogen-bond acceptors (Lipinski definition) is 3. The summed E-state index contributed by atoms with van der Waals surface area (Å²) in [6.45, 7) is 0. The van der Waals surface area contributed by atoms with Gasteiger partial charge in [-0.25, -0.2) is 0 Å². The fourth-order valence-electron chi connectivity index (χ4n) is 2.47. The van der Waals surface area contributed by atoms with Crippen molar-refractivity contribution in [2.24, 2.45) is 0 Å². The molecule has 0 spiro atoms. The van der Waals surface area contributed by atoms with E-state index in [0.717, 1.165) is 14.7 Å². The van der Waals surface area contributed by atoms with E-state index in [-0.39, 0.29) is 0 Å². The summed E-state index contributed by atoms with van der Waals surface area (Å²) in [4.78, 5) is 2.62. The predicted molar refractivity (Wildman–Crippen MR) is 89.9 cm³/mol. The van der Waals surface area contributed by atoms with Crippen LogP contribution in [0.5, 0.6) is 0 Å². The van der Waals surface area contributed by atoms with E-state index in [2.05, 4.69) is 0 Å². The van der Waals surface area contributed by atoms with Crippen LogP contribution in [-0.4, -0.2) is 20.6 Å². The Morgan fingerprint density at radius 3 is 1.13 bits per heavy atom. The maximum atomic E-state index is 11.7. The minimum atomic E-state index is -4.22. The summed E-state index contributed by atoms with van der Waals surface area (Å²) in [5, 5.41) is 0. The minimum absolute atomic E-state index is 0.874. The average molecular weight is 433 g/mol. The molecule has 0 amide bonds. The molecule has 3 nitrogen and oxygen atoms in total. The van der Waals surface area contributed by atoms with E-state index >= 15 is 0 Å². The van der Waals surface area contributed by atoms with E-state index in [4.69, 9.17) is 2.46 Å². The molecule has 0 N–H and O–H groups in total. The zero-order chi connectivity index (χ0) is 16.1. The molecule has 116 valence electrons. The van der Waals surface area contributed by atoms with Crippen molar-refractivity contribution in [2.75, 3.05) is 0 Å². The summed E-state index contributed by atoms with van der Waals surface area (Å²) in [7, 11) is -2.28. The molecular weight excluding hydrogens is 418 g/mol. The van der Waals surface area contributed by atoms with Crippen molar-refractivity contribution in [1.29, 1.82) is 0 Å². The molecule has 0 fully saturated rings. The van der Waals surface area contributed by atoms with Crippen molar-refractivity contribution in [3.63, 3.8) is 0 Å². The van der Waals surface area contributed by atoms with Gasteiger partial charge in [-0.1, -0.05) is 0 Å². The van der Waals surface area contributed by atoms with Crippen LogP contribution in [0.3, 0.4) is 0 Å². The van der Waals surface area contributed by atoms with E-state index in [9.17, 15) is 6.03 Å². The Kier molecular flexibility index (Phi) is 5.16. The summed E-state index contributed by atoms with van der Waals surface area (Å²) in [6.07, 6.45) is 0. The van der Waals surface area contributed by atoms with Crippen molar-refractivity contribution in [1.82, 2.24) is 0 Å². The van der Waals surface area contributed by atoms with Crippen LogP contribution in [0.15, 0.2) is 106 Å². The van der Waals surface area contributed by atoms with Crippen LogP contribution in [0.1, 0.15) is 0 Å². The number of hydrogen-bond donors (Lipinski definition) is 0. The molecule has 0 saturated heterocycles. The summed E-state index contributed by atoms with van der Waals surface area (Å²) in [5.41, 5.74) is 0. The van der Waals surface area contributed by atoms with Gasteiger partial charge in [0.2, 0.25) is 0 Å². The van der Waals surface area contributed by atoms with E-state index < -0.39 is 30.9 Å². The van der Waals surface area contributed by atoms with Gasteiger partial charge in [0, 0.05) is 0 Å². The Bertz CT molecular complexity index is 729. The second-order valence-electron chi connectivity index (χ2n) is 4.79. The fourth-order valence-corrected chi connectivity index (χ4v) is 9.12. The molecule has 5 heteroatoms. The Morgan fingerprint density at radius 1 is 0.565 bits per heavy atom. The van der Waals surface area contributed by atoms with Gasteiger partial charge in [-0.05, 0) is 0 Å². The summed E-state index contributed by atoms with van der Waals surface area (Å²) in [5.74, 6) is 0. The standard InChI is InChI=1S/C18H16OS.2O.Sb/c19-20(16-10-4-1-5-11-16,17-12-6-2-7-13-17)18-14-8-3-9-15-18;;;/h1-15,19H;;;/q;;;+1/p-1. The van der Waals surface area contributed by atoms with Gasteiger partial charge in [0.15, 0.2) is 0 Å². The molecule has 0 bridgehead atoms. The molecule has 0 aliphatic rings. The second kappa shape index (κ2) is 7.31. The van der Waals surface area contributed by atoms with E-state index in [0.29, 0.717) is 0 Å². The van der Waals surface area contributed by atoms with Crippen molar-refractivity contribution in [3.05, 3.63) is 91.0 Å². The molecule has 3 aromatic carbocycles. The first-order valence-electron chi connectivity index (χ1n) is 7.06. The Hall–Kier alpha value is -1.61. The van der Waals surface area contributed by atoms with Gasteiger partial charge in [-0.15, -0.1) is 0 Å². The number of rotatable bonds is 5. The quantitative estimate of drug-likeness (QED) is 0.546. The third-order valence-electron chi connectivity index (χ3n) is 3.40. The van der Waals surface area contributed by atoms with Gasteiger partial charge in [0.1, 0.15) is 0 Å². The van der Waals surface area contributed by atoms with Gasteiger partial charge < -0.3 is 0 Å². The molecule has 0 radical (unpaired) electrons.